The van der Waals surface area contributed by atoms with Crippen molar-refractivity contribution in [3.63, 3.8) is 0 Å². The standard InChI is InChI=1S/C31H34Br2N2O2/c1-20(2)31-14-13-24-17-30(4,16-23-7-11-26(33)12-8-23)19-35(27(24)31)29(37)34(28(31)36)18-21(3)15-22-5-9-25(32)10-6-22/h5-12,15,20H,13-14,16-19H2,1-4H3/b21-15+/t30-,31+/m0/s1. The lowest BCUT2D eigenvalue weighted by Crippen LogP contribution is -2.63. The molecule has 4 nitrogen and oxygen atoms in total. The molecular formula is C31H34Br2N2O2. The van der Waals surface area contributed by atoms with Crippen LogP contribution in [0.25, 0.3) is 6.08 Å². The molecule has 0 unspecified atom stereocenters. The van der Waals surface area contributed by atoms with E-state index in [0.717, 1.165) is 51.5 Å². The molecular weight excluding hydrogens is 592 g/mol. The summed E-state index contributed by atoms with van der Waals surface area (Å²) in [4.78, 5) is 31.7. The van der Waals surface area contributed by atoms with E-state index in [9.17, 15) is 9.59 Å². The lowest BCUT2D eigenvalue weighted by atomic mass is 9.68. The Morgan fingerprint density at radius 3 is 2.27 bits per heavy atom. The fourth-order valence-electron chi connectivity index (χ4n) is 6.68. The monoisotopic (exact) mass is 624 g/mol. The second-order valence-electron chi connectivity index (χ2n) is 11.7. The summed E-state index contributed by atoms with van der Waals surface area (Å²) in [7, 11) is 0. The van der Waals surface area contributed by atoms with Crippen LogP contribution in [0.3, 0.4) is 0 Å². The Hall–Kier alpha value is -2.18. The third kappa shape index (κ3) is 4.76. The first-order chi connectivity index (χ1) is 17.5. The Labute approximate surface area is 237 Å². The second-order valence-corrected chi connectivity index (χ2v) is 13.5. The molecule has 2 heterocycles. The van der Waals surface area contributed by atoms with Crippen molar-refractivity contribution in [2.75, 3.05) is 13.1 Å². The minimum absolute atomic E-state index is 0.0196. The Bertz CT molecular complexity index is 1300. The van der Waals surface area contributed by atoms with Crippen molar-refractivity contribution in [2.24, 2.45) is 16.7 Å². The third-order valence-corrected chi connectivity index (χ3v) is 9.39. The number of benzene rings is 2. The molecule has 0 bridgehead atoms. The summed E-state index contributed by atoms with van der Waals surface area (Å²) >= 11 is 7.01. The Morgan fingerprint density at radius 2 is 1.65 bits per heavy atom. The minimum atomic E-state index is -0.611. The van der Waals surface area contributed by atoms with E-state index >= 15 is 0 Å². The molecule has 2 aliphatic heterocycles. The van der Waals surface area contributed by atoms with Gasteiger partial charge >= 0.3 is 6.03 Å². The maximum atomic E-state index is 14.1. The van der Waals surface area contributed by atoms with E-state index in [1.54, 1.807) is 0 Å². The van der Waals surface area contributed by atoms with Gasteiger partial charge in [0.15, 0.2) is 0 Å². The molecule has 0 N–H and O–H groups in total. The smallest absolute Gasteiger partial charge is 0.296 e. The van der Waals surface area contributed by atoms with Crippen molar-refractivity contribution in [1.29, 1.82) is 0 Å². The molecule has 2 aromatic carbocycles. The summed E-state index contributed by atoms with van der Waals surface area (Å²) in [6, 6.07) is 16.4. The number of nitrogens with zero attached hydrogens (tertiary/aromatic N) is 2. The number of amides is 3. The van der Waals surface area contributed by atoms with Crippen molar-refractivity contribution in [1.82, 2.24) is 9.80 Å². The SMILES string of the molecule is C/C(=C\c1ccc(Br)cc1)CN1C(=O)N2C[C@@](C)(Cc3ccc(Br)cc3)CC3=C2[C@](C(C)C)(CC3)C1=O. The number of allylic oxidation sites excluding steroid dienone is 1. The summed E-state index contributed by atoms with van der Waals surface area (Å²) in [5.74, 6) is 0.103. The minimum Gasteiger partial charge on any atom is -0.296 e. The van der Waals surface area contributed by atoms with Crippen molar-refractivity contribution < 1.29 is 9.59 Å². The van der Waals surface area contributed by atoms with Gasteiger partial charge in [-0.1, -0.05) is 88.5 Å². The zero-order chi connectivity index (χ0) is 26.5. The first-order valence-electron chi connectivity index (χ1n) is 13.1. The molecule has 2 atom stereocenters. The van der Waals surface area contributed by atoms with E-state index in [4.69, 9.17) is 0 Å². The molecule has 194 valence electrons. The molecule has 5 rings (SSSR count). The first-order valence-corrected chi connectivity index (χ1v) is 14.6. The van der Waals surface area contributed by atoms with E-state index in [0.29, 0.717) is 13.1 Å². The number of hydrogen-bond acceptors (Lipinski definition) is 2. The van der Waals surface area contributed by atoms with Gasteiger partial charge in [0.05, 0.1) is 12.0 Å². The molecule has 1 saturated heterocycles. The number of halogens is 2. The number of urea groups is 1. The normalized spacial score (nSPS) is 25.9. The van der Waals surface area contributed by atoms with Gasteiger partial charge in [0.25, 0.3) is 0 Å². The Morgan fingerprint density at radius 1 is 1.03 bits per heavy atom. The van der Waals surface area contributed by atoms with Crippen LogP contribution in [0.2, 0.25) is 0 Å². The number of imide groups is 1. The van der Waals surface area contributed by atoms with Gasteiger partial charge in [0.1, 0.15) is 0 Å². The lowest BCUT2D eigenvalue weighted by Gasteiger charge is -2.52. The number of rotatable bonds is 6. The molecule has 1 aliphatic carbocycles. The van der Waals surface area contributed by atoms with Gasteiger partial charge in [-0.2, -0.15) is 0 Å². The topological polar surface area (TPSA) is 40.6 Å². The molecule has 2 aromatic rings. The Kier molecular flexibility index (Phi) is 7.03. The molecule has 0 spiro atoms. The summed E-state index contributed by atoms with van der Waals surface area (Å²) < 4.78 is 2.09. The van der Waals surface area contributed by atoms with Crippen LogP contribution >= 0.6 is 31.9 Å². The van der Waals surface area contributed by atoms with E-state index in [1.165, 1.54) is 16.0 Å². The summed E-state index contributed by atoms with van der Waals surface area (Å²) in [5.41, 5.74) is 4.96. The van der Waals surface area contributed by atoms with Crippen molar-refractivity contribution >= 4 is 49.9 Å². The molecule has 0 aromatic heterocycles. The van der Waals surface area contributed by atoms with Crippen LogP contribution in [-0.2, 0) is 11.2 Å². The summed E-state index contributed by atoms with van der Waals surface area (Å²) in [6.45, 7) is 9.52. The van der Waals surface area contributed by atoms with Gasteiger partial charge in [0.2, 0.25) is 5.91 Å². The van der Waals surface area contributed by atoms with Crippen molar-refractivity contribution in [3.05, 3.63) is 85.4 Å². The van der Waals surface area contributed by atoms with Crippen LogP contribution in [0.1, 0.15) is 58.1 Å². The number of hydrogen-bond donors (Lipinski definition) is 0. The third-order valence-electron chi connectivity index (χ3n) is 8.34. The summed E-state index contributed by atoms with van der Waals surface area (Å²) in [6.07, 6.45) is 5.57. The second kappa shape index (κ2) is 9.85. The lowest BCUT2D eigenvalue weighted by molar-refractivity contribution is -0.143. The Balaban J connectivity index is 1.49. The van der Waals surface area contributed by atoms with Gasteiger partial charge in [-0.3, -0.25) is 14.6 Å². The number of carbonyl (C=O) groups excluding carboxylic acids is 2. The van der Waals surface area contributed by atoms with Crippen molar-refractivity contribution in [2.45, 2.75) is 53.4 Å². The van der Waals surface area contributed by atoms with Gasteiger partial charge in [-0.05, 0) is 84.9 Å². The van der Waals surface area contributed by atoms with Crippen LogP contribution in [0.15, 0.2) is 74.3 Å². The van der Waals surface area contributed by atoms with Crippen LogP contribution in [0, 0.1) is 16.7 Å². The highest BCUT2D eigenvalue weighted by atomic mass is 79.9. The molecule has 0 saturated carbocycles. The quantitative estimate of drug-likeness (QED) is 0.324. The highest BCUT2D eigenvalue weighted by Crippen LogP contribution is 2.58. The molecule has 6 heteroatoms. The van der Waals surface area contributed by atoms with Crippen molar-refractivity contribution in [3.8, 4) is 0 Å². The van der Waals surface area contributed by atoms with Gasteiger partial charge in [-0.25, -0.2) is 4.79 Å². The van der Waals surface area contributed by atoms with Crippen LogP contribution in [0.5, 0.6) is 0 Å². The highest BCUT2D eigenvalue weighted by Gasteiger charge is 2.61. The molecule has 3 aliphatic rings. The maximum Gasteiger partial charge on any atom is 0.331 e. The van der Waals surface area contributed by atoms with E-state index in [2.05, 4.69) is 83.0 Å². The fourth-order valence-corrected chi connectivity index (χ4v) is 7.21. The predicted octanol–water partition coefficient (Wildman–Crippen LogP) is 8.22. The van der Waals surface area contributed by atoms with Gasteiger partial charge in [0, 0.05) is 21.2 Å². The van der Waals surface area contributed by atoms with Crippen LogP contribution in [-0.4, -0.2) is 34.8 Å². The van der Waals surface area contributed by atoms with E-state index < -0.39 is 5.41 Å². The van der Waals surface area contributed by atoms with E-state index in [-0.39, 0.29) is 23.3 Å². The first kappa shape index (κ1) is 26.4. The number of carbonyl (C=O) groups is 2. The maximum absolute atomic E-state index is 14.1. The molecule has 37 heavy (non-hydrogen) atoms. The average molecular weight is 626 g/mol. The fraction of sp³-hybridized carbons (Fsp3) is 0.419. The molecule has 1 fully saturated rings. The summed E-state index contributed by atoms with van der Waals surface area (Å²) in [5, 5.41) is 0. The molecule has 3 amide bonds. The predicted molar refractivity (Wildman–Crippen MR) is 156 cm³/mol. The molecule has 0 radical (unpaired) electrons. The van der Waals surface area contributed by atoms with Gasteiger partial charge < -0.3 is 0 Å². The van der Waals surface area contributed by atoms with Crippen LogP contribution < -0.4 is 0 Å². The average Bonchev–Trinajstić information content (AvgIpc) is 3.23. The zero-order valence-electron chi connectivity index (χ0n) is 22.0. The van der Waals surface area contributed by atoms with E-state index in [1.807, 2.05) is 36.1 Å². The van der Waals surface area contributed by atoms with Gasteiger partial charge in [-0.15, -0.1) is 0 Å². The largest absolute Gasteiger partial charge is 0.331 e. The highest BCUT2D eigenvalue weighted by molar-refractivity contribution is 9.10. The van der Waals surface area contributed by atoms with Crippen LogP contribution in [0.4, 0.5) is 4.79 Å². The zero-order valence-corrected chi connectivity index (χ0v) is 25.2.